The van der Waals surface area contributed by atoms with Crippen molar-refractivity contribution in [3.05, 3.63) is 40.4 Å². The highest BCUT2D eigenvalue weighted by Crippen LogP contribution is 2.19. The van der Waals surface area contributed by atoms with Crippen molar-refractivity contribution >= 4 is 27.6 Å². The zero-order valence-corrected chi connectivity index (χ0v) is 11.4. The van der Waals surface area contributed by atoms with Crippen LogP contribution < -0.4 is 5.73 Å². The average molecular weight is 298 g/mol. The maximum absolute atomic E-state index is 11.7. The molecule has 92 valence electrons. The van der Waals surface area contributed by atoms with E-state index < -0.39 is 0 Å². The van der Waals surface area contributed by atoms with Gasteiger partial charge in [0, 0.05) is 10.2 Å². The Morgan fingerprint density at radius 1 is 1.47 bits per heavy atom. The molecule has 0 amide bonds. The number of esters is 1. The van der Waals surface area contributed by atoms with E-state index in [1.54, 1.807) is 18.2 Å². The highest BCUT2D eigenvalue weighted by atomic mass is 79.9. The average Bonchev–Trinajstić information content (AvgIpc) is 2.32. The molecule has 3 nitrogen and oxygen atoms in total. The topological polar surface area (TPSA) is 52.3 Å². The normalized spacial score (nSPS) is 10.7. The zero-order valence-electron chi connectivity index (χ0n) is 9.78. The summed E-state index contributed by atoms with van der Waals surface area (Å²) in [6.07, 6.45) is 5.76. The molecule has 2 N–H and O–H groups in total. The number of ether oxygens (including phenoxy) is 1. The number of hydrogen-bond donors (Lipinski definition) is 1. The van der Waals surface area contributed by atoms with Crippen molar-refractivity contribution in [3.8, 4) is 0 Å². The summed E-state index contributed by atoms with van der Waals surface area (Å²) in [5, 5.41) is 0. The highest BCUT2D eigenvalue weighted by Gasteiger charge is 2.10. The first kappa shape index (κ1) is 13.8. The molecule has 1 rings (SSSR count). The van der Waals surface area contributed by atoms with E-state index in [2.05, 4.69) is 22.9 Å². The summed E-state index contributed by atoms with van der Waals surface area (Å²) >= 11 is 3.29. The minimum Gasteiger partial charge on any atom is -0.462 e. The van der Waals surface area contributed by atoms with Crippen molar-refractivity contribution in [2.24, 2.45) is 0 Å². The van der Waals surface area contributed by atoms with Crippen LogP contribution in [-0.4, -0.2) is 12.6 Å². The number of carbonyl (C=O) groups is 1. The van der Waals surface area contributed by atoms with Gasteiger partial charge in [-0.3, -0.25) is 0 Å². The lowest BCUT2D eigenvalue weighted by Crippen LogP contribution is -2.08. The molecule has 0 unspecified atom stereocenters. The lowest BCUT2D eigenvalue weighted by molar-refractivity contribution is 0.0513. The van der Waals surface area contributed by atoms with Crippen LogP contribution in [0.5, 0.6) is 0 Å². The number of halogens is 1. The van der Waals surface area contributed by atoms with E-state index in [1.165, 1.54) is 0 Å². The van der Waals surface area contributed by atoms with Crippen LogP contribution in [-0.2, 0) is 4.74 Å². The van der Waals surface area contributed by atoms with Crippen molar-refractivity contribution in [1.82, 2.24) is 0 Å². The number of nitrogen functional groups attached to an aromatic ring is 1. The van der Waals surface area contributed by atoms with Gasteiger partial charge in [0.15, 0.2) is 0 Å². The molecule has 1 aromatic carbocycles. The van der Waals surface area contributed by atoms with Crippen LogP contribution in [0.2, 0.25) is 0 Å². The highest BCUT2D eigenvalue weighted by molar-refractivity contribution is 9.10. The van der Waals surface area contributed by atoms with Crippen LogP contribution in [0.4, 0.5) is 5.69 Å². The molecule has 0 spiro atoms. The van der Waals surface area contributed by atoms with Crippen LogP contribution in [0.1, 0.15) is 30.1 Å². The van der Waals surface area contributed by atoms with Gasteiger partial charge in [0.25, 0.3) is 0 Å². The molecule has 0 aromatic heterocycles. The maximum atomic E-state index is 11.7. The fraction of sp³-hybridized carbons (Fsp3) is 0.308. The zero-order chi connectivity index (χ0) is 12.7. The van der Waals surface area contributed by atoms with E-state index in [0.29, 0.717) is 17.9 Å². The summed E-state index contributed by atoms with van der Waals surface area (Å²) in [4.78, 5) is 11.7. The lowest BCUT2D eigenvalue weighted by Gasteiger charge is -2.06. The lowest BCUT2D eigenvalue weighted by atomic mass is 10.2. The first-order valence-corrected chi connectivity index (χ1v) is 6.31. The number of hydrogen-bond acceptors (Lipinski definition) is 3. The molecule has 0 heterocycles. The Kier molecular flexibility index (Phi) is 5.77. The Balaban J connectivity index is 2.52. The smallest absolute Gasteiger partial charge is 0.340 e. The SMILES string of the molecule is CC/C=C/CCOC(=O)c1cc(Br)ccc1N. The van der Waals surface area contributed by atoms with Gasteiger partial charge in [-0.1, -0.05) is 35.0 Å². The Bertz CT molecular complexity index is 416. The molecule has 0 bridgehead atoms. The monoisotopic (exact) mass is 297 g/mol. The Labute approximate surface area is 110 Å². The molecule has 1 aromatic rings. The molecule has 0 fully saturated rings. The summed E-state index contributed by atoms with van der Waals surface area (Å²) in [6, 6.07) is 5.13. The largest absolute Gasteiger partial charge is 0.462 e. The van der Waals surface area contributed by atoms with E-state index in [-0.39, 0.29) is 5.97 Å². The summed E-state index contributed by atoms with van der Waals surface area (Å²) in [5.41, 5.74) is 6.54. The Morgan fingerprint density at radius 2 is 2.24 bits per heavy atom. The number of anilines is 1. The molecule has 0 radical (unpaired) electrons. The van der Waals surface area contributed by atoms with Gasteiger partial charge < -0.3 is 10.5 Å². The summed E-state index contributed by atoms with van der Waals surface area (Å²) in [5.74, 6) is -0.381. The van der Waals surface area contributed by atoms with Crippen LogP contribution in [0.25, 0.3) is 0 Å². The second-order valence-corrected chi connectivity index (χ2v) is 4.45. The maximum Gasteiger partial charge on any atom is 0.340 e. The van der Waals surface area contributed by atoms with Gasteiger partial charge in [-0.05, 0) is 31.0 Å². The van der Waals surface area contributed by atoms with E-state index in [0.717, 1.165) is 17.3 Å². The Hall–Kier alpha value is -1.29. The van der Waals surface area contributed by atoms with Gasteiger partial charge in [0.2, 0.25) is 0 Å². The summed E-state index contributed by atoms with van der Waals surface area (Å²) < 4.78 is 5.93. The molecule has 0 aliphatic heterocycles. The molecule has 0 aliphatic carbocycles. The van der Waals surface area contributed by atoms with Crippen molar-refractivity contribution < 1.29 is 9.53 Å². The van der Waals surface area contributed by atoms with Crippen molar-refractivity contribution in [2.75, 3.05) is 12.3 Å². The van der Waals surface area contributed by atoms with E-state index in [4.69, 9.17) is 10.5 Å². The van der Waals surface area contributed by atoms with Crippen molar-refractivity contribution in [3.63, 3.8) is 0 Å². The summed E-state index contributed by atoms with van der Waals surface area (Å²) in [7, 11) is 0. The van der Waals surface area contributed by atoms with Gasteiger partial charge >= 0.3 is 5.97 Å². The Morgan fingerprint density at radius 3 is 2.94 bits per heavy atom. The van der Waals surface area contributed by atoms with Gasteiger partial charge in [0.1, 0.15) is 0 Å². The van der Waals surface area contributed by atoms with E-state index >= 15 is 0 Å². The van der Waals surface area contributed by atoms with Crippen molar-refractivity contribution in [1.29, 1.82) is 0 Å². The van der Waals surface area contributed by atoms with Crippen molar-refractivity contribution in [2.45, 2.75) is 19.8 Å². The second-order valence-electron chi connectivity index (χ2n) is 3.54. The number of allylic oxidation sites excluding steroid dienone is 1. The van der Waals surface area contributed by atoms with Crippen LogP contribution in [0.3, 0.4) is 0 Å². The second kappa shape index (κ2) is 7.12. The number of carbonyl (C=O) groups excluding carboxylic acids is 1. The molecule has 4 heteroatoms. The minimum atomic E-state index is -0.381. The molecule has 0 aliphatic rings. The van der Waals surface area contributed by atoms with Gasteiger partial charge in [-0.15, -0.1) is 0 Å². The number of benzene rings is 1. The van der Waals surface area contributed by atoms with Crippen LogP contribution >= 0.6 is 15.9 Å². The van der Waals surface area contributed by atoms with Crippen LogP contribution in [0, 0.1) is 0 Å². The van der Waals surface area contributed by atoms with Crippen LogP contribution in [0.15, 0.2) is 34.8 Å². The van der Waals surface area contributed by atoms with Gasteiger partial charge in [0.05, 0.1) is 12.2 Å². The quantitative estimate of drug-likeness (QED) is 0.391. The number of nitrogens with two attached hydrogens (primary N) is 1. The standard InChI is InChI=1S/C13H16BrNO2/c1-2-3-4-5-8-17-13(16)11-9-10(14)6-7-12(11)15/h3-4,6-7,9H,2,5,8,15H2,1H3/b4-3+. The van der Waals surface area contributed by atoms with Gasteiger partial charge in [-0.2, -0.15) is 0 Å². The first-order chi connectivity index (χ1) is 8.15. The molecule has 17 heavy (non-hydrogen) atoms. The third kappa shape index (κ3) is 4.61. The molecule has 0 atom stereocenters. The fourth-order valence-corrected chi connectivity index (χ4v) is 1.65. The molecular weight excluding hydrogens is 282 g/mol. The fourth-order valence-electron chi connectivity index (χ4n) is 1.29. The predicted octanol–water partition coefficient (Wildman–Crippen LogP) is 3.54. The van der Waals surface area contributed by atoms with E-state index in [1.807, 2.05) is 12.2 Å². The third-order valence-electron chi connectivity index (χ3n) is 2.16. The molecule has 0 saturated heterocycles. The molecule has 0 saturated carbocycles. The third-order valence-corrected chi connectivity index (χ3v) is 2.65. The first-order valence-electron chi connectivity index (χ1n) is 5.52. The molecular formula is C13H16BrNO2. The number of rotatable bonds is 5. The van der Waals surface area contributed by atoms with E-state index in [9.17, 15) is 4.79 Å². The van der Waals surface area contributed by atoms with Gasteiger partial charge in [-0.25, -0.2) is 4.79 Å². The predicted molar refractivity (Wildman–Crippen MR) is 72.9 cm³/mol. The summed E-state index contributed by atoms with van der Waals surface area (Å²) in [6.45, 7) is 2.44. The minimum absolute atomic E-state index is 0.376.